The largest absolute Gasteiger partial charge is 0.493 e. The molecule has 1 saturated heterocycles. The first-order chi connectivity index (χ1) is 13.6. The van der Waals surface area contributed by atoms with E-state index in [1.54, 1.807) is 17.0 Å². The summed E-state index contributed by atoms with van der Waals surface area (Å²) in [6, 6.07) is 12.7. The molecule has 1 N–H and O–H groups in total. The molecule has 0 radical (unpaired) electrons. The fourth-order valence-corrected chi connectivity index (χ4v) is 3.84. The summed E-state index contributed by atoms with van der Waals surface area (Å²) in [6.07, 6.45) is 0. The zero-order valence-electron chi connectivity index (χ0n) is 15.5. The smallest absolute Gasteiger partial charge is 0.308 e. The molecule has 2 atom stereocenters. The molecule has 7 heteroatoms. The number of fused-ring (bicyclic) bond motifs is 1. The number of rotatable bonds is 4. The Bertz CT molecular complexity index is 880. The Labute approximate surface area is 162 Å². The lowest BCUT2D eigenvalue weighted by atomic mass is 9.89. The van der Waals surface area contributed by atoms with Crippen molar-refractivity contribution in [3.8, 4) is 17.2 Å². The van der Waals surface area contributed by atoms with Crippen LogP contribution in [0.2, 0.25) is 0 Å². The molecular weight excluding hydrogens is 362 g/mol. The summed E-state index contributed by atoms with van der Waals surface area (Å²) in [7, 11) is 1.50. The molecule has 1 fully saturated rings. The van der Waals surface area contributed by atoms with Gasteiger partial charge in [-0.05, 0) is 17.7 Å². The Morgan fingerprint density at radius 2 is 1.86 bits per heavy atom. The molecule has 0 spiro atoms. The van der Waals surface area contributed by atoms with E-state index in [1.165, 1.54) is 7.11 Å². The topological polar surface area (TPSA) is 85.3 Å². The van der Waals surface area contributed by atoms with Crippen LogP contribution < -0.4 is 14.2 Å². The molecule has 0 saturated carbocycles. The minimum atomic E-state index is -0.899. The molecule has 2 aromatic carbocycles. The Morgan fingerprint density at radius 1 is 1.11 bits per heavy atom. The summed E-state index contributed by atoms with van der Waals surface area (Å²) in [5.74, 6) is -0.676. The molecule has 7 nitrogen and oxygen atoms in total. The van der Waals surface area contributed by atoms with Crippen molar-refractivity contribution < 1.29 is 28.9 Å². The van der Waals surface area contributed by atoms with Gasteiger partial charge in [0.1, 0.15) is 13.2 Å². The van der Waals surface area contributed by atoms with Crippen LogP contribution in [0, 0.1) is 5.92 Å². The van der Waals surface area contributed by atoms with Crippen LogP contribution in [0.25, 0.3) is 0 Å². The van der Waals surface area contributed by atoms with E-state index in [0.29, 0.717) is 42.6 Å². The van der Waals surface area contributed by atoms with Gasteiger partial charge in [0.15, 0.2) is 11.5 Å². The molecule has 0 aromatic heterocycles. The van der Waals surface area contributed by atoms with E-state index in [-0.39, 0.29) is 18.4 Å². The Morgan fingerprint density at radius 3 is 2.57 bits per heavy atom. The number of amides is 1. The van der Waals surface area contributed by atoms with Gasteiger partial charge < -0.3 is 24.2 Å². The van der Waals surface area contributed by atoms with E-state index in [0.717, 1.165) is 5.56 Å². The van der Waals surface area contributed by atoms with Gasteiger partial charge in [-0.1, -0.05) is 30.3 Å². The van der Waals surface area contributed by atoms with Gasteiger partial charge in [-0.15, -0.1) is 0 Å². The number of carbonyl (C=O) groups is 2. The molecule has 2 aliphatic rings. The normalized spacial score (nSPS) is 20.7. The van der Waals surface area contributed by atoms with Crippen LogP contribution in [0.5, 0.6) is 17.2 Å². The maximum Gasteiger partial charge on any atom is 0.308 e. The summed E-state index contributed by atoms with van der Waals surface area (Å²) < 4.78 is 16.5. The second-order valence-electron chi connectivity index (χ2n) is 6.87. The number of likely N-dealkylation sites (tertiary alicyclic amines) is 1. The number of carboxylic acid groups (broad SMARTS) is 1. The second-order valence-corrected chi connectivity index (χ2v) is 6.87. The minimum Gasteiger partial charge on any atom is -0.493 e. The Balaban J connectivity index is 1.63. The van der Waals surface area contributed by atoms with E-state index in [1.807, 2.05) is 30.3 Å². The van der Waals surface area contributed by atoms with Gasteiger partial charge in [-0.2, -0.15) is 0 Å². The van der Waals surface area contributed by atoms with Crippen LogP contribution in [0.3, 0.4) is 0 Å². The fraction of sp³-hybridized carbons (Fsp3) is 0.333. The van der Waals surface area contributed by atoms with Gasteiger partial charge in [-0.3, -0.25) is 9.59 Å². The van der Waals surface area contributed by atoms with Gasteiger partial charge >= 0.3 is 5.97 Å². The number of carboxylic acids is 1. The lowest BCUT2D eigenvalue weighted by Crippen LogP contribution is -2.30. The monoisotopic (exact) mass is 383 g/mol. The molecule has 2 heterocycles. The zero-order chi connectivity index (χ0) is 19.7. The summed E-state index contributed by atoms with van der Waals surface area (Å²) in [6.45, 7) is 1.32. The number of benzene rings is 2. The highest BCUT2D eigenvalue weighted by molar-refractivity contribution is 5.96. The van der Waals surface area contributed by atoms with Crippen molar-refractivity contribution in [2.75, 3.05) is 33.4 Å². The lowest BCUT2D eigenvalue weighted by molar-refractivity contribution is -0.141. The van der Waals surface area contributed by atoms with Crippen molar-refractivity contribution in [3.05, 3.63) is 53.6 Å². The van der Waals surface area contributed by atoms with E-state index in [4.69, 9.17) is 14.2 Å². The van der Waals surface area contributed by atoms with Crippen molar-refractivity contribution in [1.29, 1.82) is 0 Å². The Hall–Kier alpha value is -3.22. The molecule has 146 valence electrons. The summed E-state index contributed by atoms with van der Waals surface area (Å²) in [4.78, 5) is 26.5. The number of carbonyl (C=O) groups excluding carboxylic acids is 1. The molecule has 28 heavy (non-hydrogen) atoms. The first-order valence-corrected chi connectivity index (χ1v) is 9.13. The molecule has 0 aliphatic carbocycles. The predicted octanol–water partition coefficient (Wildman–Crippen LogP) is 2.41. The first kappa shape index (κ1) is 18.2. The van der Waals surface area contributed by atoms with Crippen molar-refractivity contribution in [1.82, 2.24) is 4.90 Å². The van der Waals surface area contributed by atoms with E-state index in [9.17, 15) is 14.7 Å². The molecule has 4 rings (SSSR count). The van der Waals surface area contributed by atoms with E-state index >= 15 is 0 Å². The molecule has 0 unspecified atom stereocenters. The van der Waals surface area contributed by atoms with Crippen LogP contribution in [0.4, 0.5) is 0 Å². The number of hydrogen-bond donors (Lipinski definition) is 1. The summed E-state index contributed by atoms with van der Waals surface area (Å²) in [5.41, 5.74) is 1.31. The third kappa shape index (κ3) is 3.24. The predicted molar refractivity (Wildman–Crippen MR) is 100 cm³/mol. The number of ether oxygens (including phenoxy) is 3. The maximum atomic E-state index is 13.1. The quantitative estimate of drug-likeness (QED) is 0.873. The molecule has 2 aromatic rings. The minimum absolute atomic E-state index is 0.157. The highest BCUT2D eigenvalue weighted by Crippen LogP contribution is 2.41. The van der Waals surface area contributed by atoms with Gasteiger partial charge in [0.2, 0.25) is 5.75 Å². The number of hydrogen-bond acceptors (Lipinski definition) is 5. The van der Waals surface area contributed by atoms with Crippen molar-refractivity contribution >= 4 is 11.9 Å². The average Bonchev–Trinajstić information content (AvgIpc) is 3.19. The van der Waals surface area contributed by atoms with E-state index in [2.05, 4.69) is 0 Å². The van der Waals surface area contributed by atoms with Crippen LogP contribution in [0.15, 0.2) is 42.5 Å². The number of methoxy groups -OCH3 is 1. The molecule has 2 aliphatic heterocycles. The SMILES string of the molecule is COc1cc(C(=O)N2C[C@H](C(=O)O)[C@H](c3ccccc3)C2)cc2c1OCCO2. The average molecular weight is 383 g/mol. The molecule has 0 bridgehead atoms. The van der Waals surface area contributed by atoms with Crippen LogP contribution in [-0.4, -0.2) is 55.3 Å². The third-order valence-electron chi connectivity index (χ3n) is 5.23. The van der Waals surface area contributed by atoms with Crippen molar-refractivity contribution in [3.63, 3.8) is 0 Å². The van der Waals surface area contributed by atoms with Crippen molar-refractivity contribution in [2.24, 2.45) is 5.92 Å². The maximum absolute atomic E-state index is 13.1. The van der Waals surface area contributed by atoms with Crippen LogP contribution in [0.1, 0.15) is 21.8 Å². The van der Waals surface area contributed by atoms with Gasteiger partial charge in [0.05, 0.1) is 13.0 Å². The first-order valence-electron chi connectivity index (χ1n) is 9.13. The molecular formula is C21H21NO6. The Kier molecular flexibility index (Phi) is 4.81. The van der Waals surface area contributed by atoms with Gasteiger partial charge in [0.25, 0.3) is 5.91 Å². The van der Waals surface area contributed by atoms with E-state index < -0.39 is 11.9 Å². The number of nitrogens with zero attached hydrogens (tertiary/aromatic N) is 1. The van der Waals surface area contributed by atoms with Crippen molar-refractivity contribution in [2.45, 2.75) is 5.92 Å². The number of aliphatic carboxylic acids is 1. The van der Waals surface area contributed by atoms with Crippen LogP contribution in [-0.2, 0) is 4.79 Å². The second kappa shape index (κ2) is 7.42. The standard InChI is InChI=1S/C21H21NO6/c1-26-17-9-14(10-18-19(17)28-8-7-27-18)20(23)22-11-15(16(12-22)21(24)25)13-5-3-2-4-6-13/h2-6,9-10,15-16H,7-8,11-12H2,1H3,(H,24,25)/t15-,16-/m0/s1. The highest BCUT2D eigenvalue weighted by Gasteiger charge is 2.41. The zero-order valence-corrected chi connectivity index (χ0v) is 15.5. The third-order valence-corrected chi connectivity index (χ3v) is 5.23. The van der Waals surface area contributed by atoms with Gasteiger partial charge in [0, 0.05) is 24.6 Å². The van der Waals surface area contributed by atoms with Crippen LogP contribution >= 0.6 is 0 Å². The summed E-state index contributed by atoms with van der Waals surface area (Å²) in [5, 5.41) is 9.66. The lowest BCUT2D eigenvalue weighted by Gasteiger charge is -2.23. The summed E-state index contributed by atoms with van der Waals surface area (Å²) >= 11 is 0. The molecule has 1 amide bonds. The highest BCUT2D eigenvalue weighted by atomic mass is 16.6. The van der Waals surface area contributed by atoms with Gasteiger partial charge in [-0.25, -0.2) is 0 Å². The fourth-order valence-electron chi connectivity index (χ4n) is 3.84.